The van der Waals surface area contributed by atoms with Gasteiger partial charge in [-0.2, -0.15) is 0 Å². The zero-order valence-corrected chi connectivity index (χ0v) is 24.0. The summed E-state index contributed by atoms with van der Waals surface area (Å²) in [4.78, 5) is 10.7. The van der Waals surface area contributed by atoms with Gasteiger partial charge in [0.2, 0.25) is 0 Å². The van der Waals surface area contributed by atoms with Gasteiger partial charge in [0.25, 0.3) is 0 Å². The second-order valence-electron chi connectivity index (χ2n) is 10.9. The Morgan fingerprint density at radius 3 is 1.56 bits per heavy atom. The highest BCUT2D eigenvalue weighted by atomic mass is 32.1. The summed E-state index contributed by atoms with van der Waals surface area (Å²) in [5.41, 5.74) is 7.13. The van der Waals surface area contributed by atoms with E-state index in [1.165, 1.54) is 41.7 Å². The standard InChI is InChI=1S/C40H24N2S/c1-3-13-25(14-4-1)33-23-27(24-34(41-33)26-15-5-2-6-16-26)38-30-19-9-8-18-29(30)37-39(42-38)31-20-10-7-17-28(31)36-32-21-11-12-22-35(32)43-40(36)37/h1-24H. The molecule has 0 fully saturated rings. The molecule has 0 atom stereocenters. The van der Waals surface area contributed by atoms with Gasteiger partial charge in [-0.1, -0.05) is 127 Å². The SMILES string of the molecule is c1ccc(-c2cc(-c3nc4c5ccccc5c5c6ccccc6sc5c4c4ccccc34)cc(-c3ccccc3)n2)cc1. The van der Waals surface area contributed by atoms with Crippen molar-refractivity contribution in [1.29, 1.82) is 0 Å². The van der Waals surface area contributed by atoms with Crippen LogP contribution in [0.15, 0.2) is 146 Å². The van der Waals surface area contributed by atoms with Crippen LogP contribution < -0.4 is 0 Å². The molecule has 0 unspecified atom stereocenters. The Hall–Kier alpha value is -5.38. The molecule has 6 aromatic carbocycles. The molecule has 43 heavy (non-hydrogen) atoms. The number of thiophene rings is 1. The van der Waals surface area contributed by atoms with E-state index in [4.69, 9.17) is 9.97 Å². The smallest absolute Gasteiger partial charge is 0.0809 e. The molecular weight excluding hydrogens is 541 g/mol. The number of pyridine rings is 2. The molecule has 9 aromatic rings. The molecule has 0 N–H and O–H groups in total. The summed E-state index contributed by atoms with van der Waals surface area (Å²) in [5, 5.41) is 8.67. The monoisotopic (exact) mass is 564 g/mol. The first-order chi connectivity index (χ1) is 21.3. The van der Waals surface area contributed by atoms with Crippen molar-refractivity contribution in [2.45, 2.75) is 0 Å². The molecule has 3 heteroatoms. The maximum atomic E-state index is 5.57. The Morgan fingerprint density at radius 2 is 0.907 bits per heavy atom. The lowest BCUT2D eigenvalue weighted by molar-refractivity contribution is 1.31. The summed E-state index contributed by atoms with van der Waals surface area (Å²) in [6.45, 7) is 0. The van der Waals surface area contributed by atoms with Crippen LogP contribution in [0.3, 0.4) is 0 Å². The molecule has 2 nitrogen and oxygen atoms in total. The van der Waals surface area contributed by atoms with E-state index in [2.05, 4.69) is 133 Å². The predicted octanol–water partition coefficient (Wildman–Crippen LogP) is 11.3. The lowest BCUT2D eigenvalue weighted by atomic mass is 9.94. The quantitative estimate of drug-likeness (QED) is 0.199. The second-order valence-corrected chi connectivity index (χ2v) is 12.0. The third kappa shape index (κ3) is 3.79. The number of rotatable bonds is 3. The molecule has 9 rings (SSSR count). The highest BCUT2D eigenvalue weighted by Crippen LogP contribution is 2.47. The Bertz CT molecular complexity index is 2440. The van der Waals surface area contributed by atoms with Crippen LogP contribution in [0.5, 0.6) is 0 Å². The zero-order valence-electron chi connectivity index (χ0n) is 23.2. The van der Waals surface area contributed by atoms with Crippen LogP contribution in [-0.2, 0) is 0 Å². The molecule has 0 saturated carbocycles. The largest absolute Gasteiger partial charge is 0.248 e. The summed E-state index contributed by atoms with van der Waals surface area (Å²) in [6.07, 6.45) is 0. The summed E-state index contributed by atoms with van der Waals surface area (Å²) in [6, 6.07) is 51.5. The summed E-state index contributed by atoms with van der Waals surface area (Å²) < 4.78 is 2.60. The summed E-state index contributed by atoms with van der Waals surface area (Å²) in [7, 11) is 0. The Labute approximate surface area is 252 Å². The van der Waals surface area contributed by atoms with Crippen molar-refractivity contribution in [3.63, 3.8) is 0 Å². The van der Waals surface area contributed by atoms with Crippen LogP contribution in [0.4, 0.5) is 0 Å². The number of hydrogen-bond donors (Lipinski definition) is 0. The van der Waals surface area contributed by atoms with Gasteiger partial charge in [-0.25, -0.2) is 9.97 Å². The van der Waals surface area contributed by atoms with E-state index in [1.807, 2.05) is 23.5 Å². The third-order valence-electron chi connectivity index (χ3n) is 8.42. The van der Waals surface area contributed by atoms with Crippen LogP contribution in [0.25, 0.3) is 86.4 Å². The number of fused-ring (bicyclic) bond motifs is 10. The maximum absolute atomic E-state index is 5.57. The number of benzene rings is 6. The van der Waals surface area contributed by atoms with Crippen LogP contribution in [0, 0.1) is 0 Å². The molecule has 0 aliphatic rings. The first kappa shape index (κ1) is 24.2. The Morgan fingerprint density at radius 1 is 0.395 bits per heavy atom. The van der Waals surface area contributed by atoms with Crippen LogP contribution in [-0.4, -0.2) is 9.97 Å². The Kier molecular flexibility index (Phi) is 5.40. The van der Waals surface area contributed by atoms with Crippen LogP contribution in [0.2, 0.25) is 0 Å². The lowest BCUT2D eigenvalue weighted by Gasteiger charge is -2.15. The summed E-state index contributed by atoms with van der Waals surface area (Å²) >= 11 is 1.87. The van der Waals surface area contributed by atoms with Gasteiger partial charge in [-0.05, 0) is 29.0 Å². The van der Waals surface area contributed by atoms with E-state index < -0.39 is 0 Å². The van der Waals surface area contributed by atoms with Gasteiger partial charge in [0.05, 0.1) is 22.6 Å². The molecule has 0 radical (unpaired) electrons. The van der Waals surface area contributed by atoms with E-state index >= 15 is 0 Å². The molecule has 0 bridgehead atoms. The Balaban J connectivity index is 1.44. The number of hydrogen-bond acceptors (Lipinski definition) is 3. The lowest BCUT2D eigenvalue weighted by Crippen LogP contribution is -1.95. The molecule has 3 heterocycles. The first-order valence-corrected chi connectivity index (χ1v) is 15.3. The molecule has 0 spiro atoms. The van der Waals surface area contributed by atoms with Crippen molar-refractivity contribution < 1.29 is 0 Å². The van der Waals surface area contributed by atoms with Crippen molar-refractivity contribution in [3.05, 3.63) is 146 Å². The van der Waals surface area contributed by atoms with Gasteiger partial charge in [0.1, 0.15) is 0 Å². The van der Waals surface area contributed by atoms with Crippen molar-refractivity contribution in [2.24, 2.45) is 0 Å². The molecule has 0 aliphatic carbocycles. The minimum Gasteiger partial charge on any atom is -0.248 e. The normalized spacial score (nSPS) is 11.7. The van der Waals surface area contributed by atoms with Crippen molar-refractivity contribution in [1.82, 2.24) is 9.97 Å². The maximum Gasteiger partial charge on any atom is 0.0809 e. The molecule has 200 valence electrons. The molecule has 0 saturated heterocycles. The minimum absolute atomic E-state index is 0.938. The van der Waals surface area contributed by atoms with Crippen molar-refractivity contribution in [3.8, 4) is 33.8 Å². The molecule has 0 amide bonds. The van der Waals surface area contributed by atoms with Crippen molar-refractivity contribution in [2.75, 3.05) is 0 Å². The second kappa shape index (κ2) is 9.59. The van der Waals surface area contributed by atoms with E-state index in [0.717, 1.165) is 44.7 Å². The van der Waals surface area contributed by atoms with Gasteiger partial charge in [-0.15, -0.1) is 11.3 Å². The van der Waals surface area contributed by atoms with Crippen LogP contribution in [0.1, 0.15) is 0 Å². The number of aromatic nitrogens is 2. The topological polar surface area (TPSA) is 25.8 Å². The fourth-order valence-corrected chi connectivity index (χ4v) is 7.76. The molecule has 0 aliphatic heterocycles. The minimum atomic E-state index is 0.938. The first-order valence-electron chi connectivity index (χ1n) is 14.5. The van der Waals surface area contributed by atoms with Crippen molar-refractivity contribution >= 4 is 64.0 Å². The predicted molar refractivity (Wildman–Crippen MR) is 184 cm³/mol. The average Bonchev–Trinajstić information content (AvgIpc) is 3.48. The molecule has 3 aromatic heterocycles. The highest BCUT2D eigenvalue weighted by Gasteiger charge is 2.20. The summed E-state index contributed by atoms with van der Waals surface area (Å²) in [5.74, 6) is 0. The zero-order chi connectivity index (χ0) is 28.3. The highest BCUT2D eigenvalue weighted by molar-refractivity contribution is 7.27. The number of nitrogens with zero attached hydrogens (tertiary/aromatic N) is 2. The van der Waals surface area contributed by atoms with Gasteiger partial charge in [-0.3, -0.25) is 0 Å². The van der Waals surface area contributed by atoms with Gasteiger partial charge >= 0.3 is 0 Å². The fourth-order valence-electron chi connectivity index (χ4n) is 6.49. The van der Waals surface area contributed by atoms with E-state index in [1.54, 1.807) is 0 Å². The van der Waals surface area contributed by atoms with E-state index in [9.17, 15) is 0 Å². The average molecular weight is 565 g/mol. The fraction of sp³-hybridized carbons (Fsp3) is 0. The van der Waals surface area contributed by atoms with Gasteiger partial charge < -0.3 is 0 Å². The van der Waals surface area contributed by atoms with E-state index in [0.29, 0.717) is 0 Å². The van der Waals surface area contributed by atoms with E-state index in [-0.39, 0.29) is 0 Å². The van der Waals surface area contributed by atoms with Gasteiger partial charge in [0.15, 0.2) is 0 Å². The van der Waals surface area contributed by atoms with Gasteiger partial charge in [0, 0.05) is 53.0 Å². The van der Waals surface area contributed by atoms with Crippen LogP contribution >= 0.6 is 11.3 Å². The third-order valence-corrected chi connectivity index (χ3v) is 9.61. The molecular formula is C40H24N2S.